The van der Waals surface area contributed by atoms with Crippen molar-refractivity contribution in [3.63, 3.8) is 0 Å². The number of thiophene rings is 3. The minimum absolute atomic E-state index is 0.309. The van der Waals surface area contributed by atoms with E-state index in [1.165, 1.54) is 81.6 Å². The lowest BCUT2D eigenvalue weighted by atomic mass is 10.0. The minimum atomic E-state index is 0.309. The Morgan fingerprint density at radius 3 is 1.90 bits per heavy atom. The Labute approximate surface area is 207 Å². The van der Waals surface area contributed by atoms with Crippen LogP contribution in [-0.4, -0.2) is 5.78 Å². The molecule has 0 unspecified atom stereocenters. The quantitative estimate of drug-likeness (QED) is 0.126. The van der Waals surface area contributed by atoms with Crippen molar-refractivity contribution >= 4 is 102 Å². The molecule has 160 valence electrons. The van der Waals surface area contributed by atoms with Crippen molar-refractivity contribution in [1.82, 2.24) is 0 Å². The van der Waals surface area contributed by atoms with Crippen LogP contribution in [0.25, 0.3) is 30.3 Å². The number of fused-ring (bicyclic) bond motifs is 6. The van der Waals surface area contributed by atoms with Crippen molar-refractivity contribution in [3.8, 4) is 0 Å². The van der Waals surface area contributed by atoms with E-state index in [1.807, 2.05) is 0 Å². The van der Waals surface area contributed by atoms with Crippen molar-refractivity contribution < 1.29 is 4.79 Å². The van der Waals surface area contributed by atoms with Gasteiger partial charge in [0.2, 0.25) is 0 Å². The zero-order valence-corrected chi connectivity index (χ0v) is 22.8. The smallest absolute Gasteiger partial charge is 0.172 e. The monoisotopic (exact) mass is 584 g/mol. The molecule has 3 heterocycles. The number of rotatable bonds is 11. The molecule has 0 N–H and O–H groups in total. The van der Waals surface area contributed by atoms with Crippen molar-refractivity contribution in [2.24, 2.45) is 0 Å². The fourth-order valence-electron chi connectivity index (χ4n) is 4.08. The van der Waals surface area contributed by atoms with Crippen LogP contribution in [0.4, 0.5) is 0 Å². The number of carbonyl (C=O) groups excluding carboxylic acids is 1. The predicted molar refractivity (Wildman–Crippen MR) is 144 cm³/mol. The van der Waals surface area contributed by atoms with Gasteiger partial charge in [-0.05, 0) is 56.5 Å². The summed E-state index contributed by atoms with van der Waals surface area (Å²) in [6.45, 7) is 2.26. The molecule has 0 aliphatic rings. The SMILES string of the molecule is CCCCCCCCCCCC(=O)c1cc2c3cc(Br)sc3c3sc(Br)cc3c2s1. The number of unbranched alkanes of at least 4 members (excludes halogenated alkanes) is 8. The molecule has 0 saturated heterocycles. The van der Waals surface area contributed by atoms with Crippen molar-refractivity contribution in [3.05, 3.63) is 30.6 Å². The number of ketones is 1. The second-order valence-electron chi connectivity index (χ2n) is 7.94. The van der Waals surface area contributed by atoms with Crippen LogP contribution in [-0.2, 0) is 0 Å². The maximum atomic E-state index is 12.9. The van der Waals surface area contributed by atoms with Gasteiger partial charge in [0.1, 0.15) is 0 Å². The van der Waals surface area contributed by atoms with Gasteiger partial charge in [-0.15, -0.1) is 34.0 Å². The molecule has 0 fully saturated rings. The van der Waals surface area contributed by atoms with Gasteiger partial charge < -0.3 is 0 Å². The fourth-order valence-corrected chi connectivity index (χ4v) is 8.68. The van der Waals surface area contributed by atoms with Crippen LogP contribution in [0.2, 0.25) is 0 Å². The molecule has 0 amide bonds. The predicted octanol–water partition coefficient (Wildman–Crippen LogP) is 11.0. The molecule has 0 radical (unpaired) electrons. The Bertz CT molecular complexity index is 1090. The summed E-state index contributed by atoms with van der Waals surface area (Å²) in [5.74, 6) is 0.309. The van der Waals surface area contributed by atoms with Crippen LogP contribution < -0.4 is 0 Å². The van der Waals surface area contributed by atoms with Gasteiger partial charge in [0.15, 0.2) is 5.78 Å². The molecule has 4 rings (SSSR count). The summed E-state index contributed by atoms with van der Waals surface area (Å²) in [7, 11) is 0. The number of halogens is 2. The molecule has 1 aromatic carbocycles. The Hall–Kier alpha value is -0.270. The molecule has 0 aliphatic heterocycles. The standard InChI is InChI=1S/C24H26Br2OS3/c1-2-3-4-5-6-7-8-9-10-11-18(27)19-12-15-16-13-20(25)29-23(16)24-17(22(15)28-19)14-21(26)30-24/h12-14H,2-11H2,1H3. The van der Waals surface area contributed by atoms with Crippen LogP contribution >= 0.6 is 65.9 Å². The highest BCUT2D eigenvalue weighted by atomic mass is 79.9. The zero-order valence-electron chi connectivity index (χ0n) is 17.2. The van der Waals surface area contributed by atoms with Crippen molar-refractivity contribution in [1.29, 1.82) is 0 Å². The Morgan fingerprint density at radius 2 is 1.23 bits per heavy atom. The summed E-state index contributed by atoms with van der Waals surface area (Å²) in [4.78, 5) is 13.8. The molecule has 30 heavy (non-hydrogen) atoms. The van der Waals surface area contributed by atoms with Gasteiger partial charge in [0.05, 0.1) is 21.8 Å². The summed E-state index contributed by atoms with van der Waals surface area (Å²) >= 11 is 12.6. The maximum Gasteiger partial charge on any atom is 0.172 e. The second-order valence-corrected chi connectivity index (χ2v) is 13.9. The average molecular weight is 586 g/mol. The highest BCUT2D eigenvalue weighted by molar-refractivity contribution is 9.11. The Balaban J connectivity index is 1.43. The third-order valence-corrected chi connectivity index (χ3v) is 10.3. The minimum Gasteiger partial charge on any atom is -0.293 e. The van der Waals surface area contributed by atoms with E-state index < -0.39 is 0 Å². The average Bonchev–Trinajstić information content (AvgIpc) is 3.42. The van der Waals surface area contributed by atoms with Crippen molar-refractivity contribution in [2.45, 2.75) is 71.1 Å². The van der Waals surface area contributed by atoms with Crippen LogP contribution in [0.15, 0.2) is 25.8 Å². The van der Waals surface area contributed by atoms with Gasteiger partial charge in [-0.1, -0.05) is 58.3 Å². The van der Waals surface area contributed by atoms with Crippen LogP contribution in [0.5, 0.6) is 0 Å². The third kappa shape index (κ3) is 5.03. The van der Waals surface area contributed by atoms with E-state index in [0.717, 1.165) is 18.9 Å². The first-order chi connectivity index (χ1) is 14.6. The summed E-state index contributed by atoms with van der Waals surface area (Å²) in [5, 5.41) is 3.77. The molecule has 0 bridgehead atoms. The topological polar surface area (TPSA) is 17.1 Å². The van der Waals surface area contributed by atoms with Gasteiger partial charge in [0.25, 0.3) is 0 Å². The number of benzene rings is 1. The van der Waals surface area contributed by atoms with Gasteiger partial charge in [-0.25, -0.2) is 0 Å². The summed E-state index contributed by atoms with van der Waals surface area (Å²) in [5.41, 5.74) is 0. The normalized spacial score (nSPS) is 12.0. The van der Waals surface area contributed by atoms with Gasteiger partial charge in [-0.3, -0.25) is 4.79 Å². The van der Waals surface area contributed by atoms with Crippen LogP contribution in [0.1, 0.15) is 80.8 Å². The summed E-state index contributed by atoms with van der Waals surface area (Å²) in [6.07, 6.45) is 12.2. The lowest BCUT2D eigenvalue weighted by Gasteiger charge is -2.01. The van der Waals surface area contributed by atoms with E-state index in [-0.39, 0.29) is 0 Å². The largest absolute Gasteiger partial charge is 0.293 e. The van der Waals surface area contributed by atoms with Gasteiger partial charge >= 0.3 is 0 Å². The van der Waals surface area contributed by atoms with Crippen LogP contribution in [0.3, 0.4) is 0 Å². The zero-order chi connectivity index (χ0) is 21.1. The number of hydrogen-bond acceptors (Lipinski definition) is 4. The van der Waals surface area contributed by atoms with Gasteiger partial charge in [-0.2, -0.15) is 0 Å². The lowest BCUT2D eigenvalue weighted by Crippen LogP contribution is -1.95. The van der Waals surface area contributed by atoms with Crippen LogP contribution in [0, 0.1) is 0 Å². The number of carbonyl (C=O) groups is 1. The van der Waals surface area contributed by atoms with E-state index in [9.17, 15) is 4.79 Å². The molecule has 1 nitrogen and oxygen atoms in total. The molecule has 4 aromatic rings. The highest BCUT2D eigenvalue weighted by Gasteiger charge is 2.18. The molecule has 0 spiro atoms. The Morgan fingerprint density at radius 1 is 0.700 bits per heavy atom. The first kappa shape index (κ1) is 22.9. The molecule has 6 heteroatoms. The first-order valence-corrected chi connectivity index (χ1v) is 14.9. The highest BCUT2D eigenvalue weighted by Crippen LogP contribution is 2.48. The first-order valence-electron chi connectivity index (χ1n) is 10.8. The van der Waals surface area contributed by atoms with Crippen molar-refractivity contribution in [2.75, 3.05) is 0 Å². The van der Waals surface area contributed by atoms with E-state index >= 15 is 0 Å². The molecular weight excluding hydrogens is 560 g/mol. The molecular formula is C24H26Br2OS3. The van der Waals surface area contributed by atoms with E-state index in [0.29, 0.717) is 12.2 Å². The van der Waals surface area contributed by atoms with E-state index in [2.05, 4.69) is 57.0 Å². The molecule has 0 saturated carbocycles. The fraction of sp³-hybridized carbons (Fsp3) is 0.458. The maximum absolute atomic E-state index is 12.9. The third-order valence-electron chi connectivity index (χ3n) is 5.66. The van der Waals surface area contributed by atoms with E-state index in [4.69, 9.17) is 0 Å². The summed E-state index contributed by atoms with van der Waals surface area (Å²) in [6, 6.07) is 6.56. The van der Waals surface area contributed by atoms with Gasteiger partial charge in [0, 0.05) is 27.3 Å². The molecule has 3 aromatic heterocycles. The second kappa shape index (κ2) is 10.6. The number of Topliss-reactive ketones (excluding diaryl/α,β-unsaturated/α-hetero) is 1. The summed E-state index contributed by atoms with van der Waals surface area (Å²) < 4.78 is 6.17. The molecule has 0 atom stereocenters. The van der Waals surface area contributed by atoms with E-state index in [1.54, 1.807) is 34.0 Å². The molecule has 0 aliphatic carbocycles. The Kier molecular flexibility index (Phi) is 8.07. The number of hydrogen-bond donors (Lipinski definition) is 0. The lowest BCUT2D eigenvalue weighted by molar-refractivity contribution is 0.0983.